The van der Waals surface area contributed by atoms with Gasteiger partial charge in [0.15, 0.2) is 0 Å². The average Bonchev–Trinajstić information content (AvgIpc) is 2.60. The van der Waals surface area contributed by atoms with E-state index >= 15 is 0 Å². The van der Waals surface area contributed by atoms with Crippen molar-refractivity contribution < 1.29 is 9.53 Å². The largest absolute Gasteiger partial charge is 0.497 e. The van der Waals surface area contributed by atoms with E-state index in [1.165, 1.54) is 0 Å². The lowest BCUT2D eigenvalue weighted by atomic mass is 10.0. The first-order valence-corrected chi connectivity index (χ1v) is 7.93. The first-order chi connectivity index (χ1) is 11.6. The SMILES string of the molecule is COc1ccc(-c2cc(C(=O)NC(C)C)c3ccccc3n2)cc1. The van der Waals surface area contributed by atoms with Crippen LogP contribution in [0.5, 0.6) is 5.75 Å². The van der Waals surface area contributed by atoms with Gasteiger partial charge in [-0.3, -0.25) is 4.79 Å². The molecule has 0 atom stereocenters. The van der Waals surface area contributed by atoms with Gasteiger partial charge < -0.3 is 10.1 Å². The number of amides is 1. The first-order valence-electron chi connectivity index (χ1n) is 7.93. The highest BCUT2D eigenvalue weighted by molar-refractivity contribution is 6.07. The highest BCUT2D eigenvalue weighted by Gasteiger charge is 2.14. The lowest BCUT2D eigenvalue weighted by Crippen LogP contribution is -2.30. The van der Waals surface area contributed by atoms with Crippen molar-refractivity contribution in [2.45, 2.75) is 19.9 Å². The summed E-state index contributed by atoms with van der Waals surface area (Å²) in [5.74, 6) is 0.704. The Hall–Kier alpha value is -2.88. The molecule has 0 saturated heterocycles. The number of para-hydroxylation sites is 1. The molecule has 0 unspecified atom stereocenters. The molecule has 2 aromatic carbocycles. The predicted octanol–water partition coefficient (Wildman–Crippen LogP) is 4.05. The normalized spacial score (nSPS) is 10.8. The van der Waals surface area contributed by atoms with E-state index in [2.05, 4.69) is 5.32 Å². The summed E-state index contributed by atoms with van der Waals surface area (Å²) in [7, 11) is 1.64. The Morgan fingerprint density at radius 3 is 2.46 bits per heavy atom. The highest BCUT2D eigenvalue weighted by atomic mass is 16.5. The Bertz CT molecular complexity index is 870. The number of carbonyl (C=O) groups is 1. The number of ether oxygens (including phenoxy) is 1. The van der Waals surface area contributed by atoms with Gasteiger partial charge in [-0.1, -0.05) is 18.2 Å². The van der Waals surface area contributed by atoms with Crippen LogP contribution in [0.4, 0.5) is 0 Å². The summed E-state index contributed by atoms with van der Waals surface area (Å²) in [5.41, 5.74) is 3.16. The Morgan fingerprint density at radius 2 is 1.79 bits per heavy atom. The minimum Gasteiger partial charge on any atom is -0.497 e. The molecule has 0 aliphatic carbocycles. The zero-order valence-corrected chi connectivity index (χ0v) is 14.0. The molecule has 1 aromatic heterocycles. The van der Waals surface area contributed by atoms with E-state index in [0.717, 1.165) is 27.9 Å². The third kappa shape index (κ3) is 3.23. The molecule has 0 fully saturated rings. The van der Waals surface area contributed by atoms with Crippen LogP contribution < -0.4 is 10.1 Å². The second kappa shape index (κ2) is 6.71. The molecular formula is C20H20N2O2. The molecule has 0 radical (unpaired) electrons. The third-order valence-electron chi connectivity index (χ3n) is 3.77. The van der Waals surface area contributed by atoms with Crippen LogP contribution in [0.15, 0.2) is 54.6 Å². The molecule has 0 spiro atoms. The van der Waals surface area contributed by atoms with E-state index in [1.807, 2.05) is 68.4 Å². The molecule has 3 aromatic rings. The number of benzene rings is 2. The van der Waals surface area contributed by atoms with E-state index < -0.39 is 0 Å². The summed E-state index contributed by atoms with van der Waals surface area (Å²) in [6, 6.07) is 17.3. The molecule has 24 heavy (non-hydrogen) atoms. The molecular weight excluding hydrogens is 300 g/mol. The molecule has 3 rings (SSSR count). The summed E-state index contributed by atoms with van der Waals surface area (Å²) in [4.78, 5) is 17.3. The quantitative estimate of drug-likeness (QED) is 0.789. The number of pyridine rings is 1. The van der Waals surface area contributed by atoms with Gasteiger partial charge in [-0.25, -0.2) is 4.98 Å². The second-order valence-corrected chi connectivity index (χ2v) is 5.93. The van der Waals surface area contributed by atoms with Gasteiger partial charge in [0, 0.05) is 17.0 Å². The molecule has 4 heteroatoms. The van der Waals surface area contributed by atoms with E-state index in [-0.39, 0.29) is 11.9 Å². The van der Waals surface area contributed by atoms with Crippen LogP contribution in [0, 0.1) is 0 Å². The summed E-state index contributed by atoms with van der Waals surface area (Å²) < 4.78 is 5.20. The number of fused-ring (bicyclic) bond motifs is 1. The van der Waals surface area contributed by atoms with Crippen LogP contribution in [-0.4, -0.2) is 24.0 Å². The maximum atomic E-state index is 12.6. The summed E-state index contributed by atoms with van der Waals surface area (Å²) in [6.07, 6.45) is 0. The second-order valence-electron chi connectivity index (χ2n) is 5.93. The van der Waals surface area contributed by atoms with Gasteiger partial charge in [-0.2, -0.15) is 0 Å². The van der Waals surface area contributed by atoms with Crippen molar-refractivity contribution in [2.75, 3.05) is 7.11 Å². The molecule has 1 N–H and O–H groups in total. The van der Waals surface area contributed by atoms with Gasteiger partial charge >= 0.3 is 0 Å². The lowest BCUT2D eigenvalue weighted by molar-refractivity contribution is 0.0945. The van der Waals surface area contributed by atoms with E-state index in [4.69, 9.17) is 9.72 Å². The predicted molar refractivity (Wildman–Crippen MR) is 96.3 cm³/mol. The Morgan fingerprint density at radius 1 is 1.08 bits per heavy atom. The van der Waals surface area contributed by atoms with Crippen molar-refractivity contribution in [1.82, 2.24) is 10.3 Å². The fraction of sp³-hybridized carbons (Fsp3) is 0.200. The van der Waals surface area contributed by atoms with E-state index in [9.17, 15) is 4.79 Å². The number of nitrogens with one attached hydrogen (secondary N) is 1. The topological polar surface area (TPSA) is 51.2 Å². The Labute approximate surface area is 141 Å². The number of nitrogens with zero attached hydrogens (tertiary/aromatic N) is 1. The minimum atomic E-state index is -0.0849. The average molecular weight is 320 g/mol. The van der Waals surface area contributed by atoms with Crippen LogP contribution in [0.25, 0.3) is 22.2 Å². The van der Waals surface area contributed by atoms with Crippen LogP contribution in [-0.2, 0) is 0 Å². The molecule has 0 bridgehead atoms. The Balaban J connectivity index is 2.13. The molecule has 122 valence electrons. The van der Waals surface area contributed by atoms with E-state index in [1.54, 1.807) is 7.11 Å². The number of hydrogen-bond donors (Lipinski definition) is 1. The maximum Gasteiger partial charge on any atom is 0.252 e. The van der Waals surface area contributed by atoms with Gasteiger partial charge in [-0.05, 0) is 50.2 Å². The number of hydrogen-bond acceptors (Lipinski definition) is 3. The van der Waals surface area contributed by atoms with Crippen LogP contribution in [0.1, 0.15) is 24.2 Å². The molecule has 1 amide bonds. The van der Waals surface area contributed by atoms with Crippen molar-refractivity contribution in [2.24, 2.45) is 0 Å². The molecule has 0 aliphatic rings. The zero-order valence-electron chi connectivity index (χ0n) is 14.0. The fourth-order valence-corrected chi connectivity index (χ4v) is 2.61. The lowest BCUT2D eigenvalue weighted by Gasteiger charge is -2.12. The van der Waals surface area contributed by atoms with Crippen molar-refractivity contribution in [3.63, 3.8) is 0 Å². The first kappa shape index (κ1) is 16.0. The van der Waals surface area contributed by atoms with Gasteiger partial charge in [0.05, 0.1) is 23.9 Å². The van der Waals surface area contributed by atoms with Crippen molar-refractivity contribution in [3.8, 4) is 17.0 Å². The van der Waals surface area contributed by atoms with Crippen LogP contribution >= 0.6 is 0 Å². The standard InChI is InChI=1S/C20H20N2O2/c1-13(2)21-20(23)17-12-19(14-8-10-15(24-3)11-9-14)22-18-7-5-4-6-16(17)18/h4-13H,1-3H3,(H,21,23). The van der Waals surface area contributed by atoms with Crippen molar-refractivity contribution in [1.29, 1.82) is 0 Å². The Kier molecular flexibility index (Phi) is 4.47. The summed E-state index contributed by atoms with van der Waals surface area (Å²) in [6.45, 7) is 3.90. The molecule has 0 saturated carbocycles. The van der Waals surface area contributed by atoms with Crippen LogP contribution in [0.3, 0.4) is 0 Å². The highest BCUT2D eigenvalue weighted by Crippen LogP contribution is 2.26. The number of rotatable bonds is 4. The fourth-order valence-electron chi connectivity index (χ4n) is 2.61. The van der Waals surface area contributed by atoms with Gasteiger partial charge in [-0.15, -0.1) is 0 Å². The zero-order chi connectivity index (χ0) is 17.1. The maximum absolute atomic E-state index is 12.6. The molecule has 0 aliphatic heterocycles. The summed E-state index contributed by atoms with van der Waals surface area (Å²) in [5, 5.41) is 3.82. The van der Waals surface area contributed by atoms with Gasteiger partial charge in [0.2, 0.25) is 0 Å². The molecule has 4 nitrogen and oxygen atoms in total. The smallest absolute Gasteiger partial charge is 0.252 e. The third-order valence-corrected chi connectivity index (χ3v) is 3.77. The number of methoxy groups -OCH3 is 1. The summed E-state index contributed by atoms with van der Waals surface area (Å²) >= 11 is 0. The molecule has 1 heterocycles. The minimum absolute atomic E-state index is 0.0777. The van der Waals surface area contributed by atoms with Crippen molar-refractivity contribution in [3.05, 3.63) is 60.2 Å². The van der Waals surface area contributed by atoms with Crippen molar-refractivity contribution >= 4 is 16.8 Å². The number of aromatic nitrogens is 1. The number of carbonyl (C=O) groups excluding carboxylic acids is 1. The van der Waals surface area contributed by atoms with Crippen LogP contribution in [0.2, 0.25) is 0 Å². The van der Waals surface area contributed by atoms with Gasteiger partial charge in [0.25, 0.3) is 5.91 Å². The van der Waals surface area contributed by atoms with E-state index in [0.29, 0.717) is 5.56 Å². The monoisotopic (exact) mass is 320 g/mol. The van der Waals surface area contributed by atoms with Gasteiger partial charge in [0.1, 0.15) is 5.75 Å².